The van der Waals surface area contributed by atoms with Crippen LogP contribution in [0, 0.1) is 0 Å². The molecular formula is C19H39F6N2O4S2+. The Morgan fingerprint density at radius 2 is 1.00 bits per heavy atom. The second kappa shape index (κ2) is 14.7. The Hall–Kier alpha value is -0.600. The number of unbranched alkanes of at least 4 members (excludes halogenated alkanes) is 6. The summed E-state index contributed by atoms with van der Waals surface area (Å²) in [7, 11) is -10.9. The van der Waals surface area contributed by atoms with Gasteiger partial charge in [-0.2, -0.15) is 26.3 Å². The Kier molecular flexibility index (Phi) is 15.4. The molecule has 0 unspecified atom stereocenters. The normalized spacial score (nSPS) is 13.7. The number of alkyl halides is 6. The minimum absolute atomic E-state index is 0.0667. The van der Waals surface area contributed by atoms with Crippen molar-refractivity contribution < 1.29 is 47.7 Å². The van der Waals surface area contributed by atoms with Crippen LogP contribution in [-0.2, 0) is 20.0 Å². The summed E-state index contributed by atoms with van der Waals surface area (Å²) in [5, 5.41) is 0. The van der Waals surface area contributed by atoms with Gasteiger partial charge in [-0.3, -0.25) is 0 Å². The van der Waals surface area contributed by atoms with E-state index in [0.29, 0.717) is 6.42 Å². The minimum atomic E-state index is -6.63. The van der Waals surface area contributed by atoms with Gasteiger partial charge in [-0.05, 0) is 33.1 Å². The van der Waals surface area contributed by atoms with Crippen molar-refractivity contribution >= 4 is 20.0 Å². The summed E-state index contributed by atoms with van der Waals surface area (Å²) in [6, 6.07) is 0. The molecule has 0 aromatic heterocycles. The quantitative estimate of drug-likeness (QED) is 0.164. The highest BCUT2D eigenvalue weighted by Crippen LogP contribution is 2.35. The van der Waals surface area contributed by atoms with E-state index in [1.54, 1.807) is 6.92 Å². The maximum atomic E-state index is 12.2. The lowest BCUT2D eigenvalue weighted by Gasteiger charge is -2.32. The zero-order chi connectivity index (χ0) is 26.6. The number of halogens is 6. The smallest absolute Gasteiger partial charge is 0.327 e. The average molecular weight is 538 g/mol. The van der Waals surface area contributed by atoms with Crippen LogP contribution in [0.4, 0.5) is 26.3 Å². The fourth-order valence-electron chi connectivity index (χ4n) is 2.73. The molecule has 14 heteroatoms. The summed E-state index contributed by atoms with van der Waals surface area (Å²) >= 11 is 0. The lowest BCUT2D eigenvalue weighted by Crippen LogP contribution is -2.49. The standard InChI is InChI=1S/C12H28N.C7H11F6NO4S2/c1-5-8-9-10-11-12-13(4,6-2)7-3;1-2-3-4-5-14(19(15,16)6(8,9)10)20(17,18)7(11,12)13/h5-12H2,1-4H3;2-5H2,1H3/q+1;. The van der Waals surface area contributed by atoms with Gasteiger partial charge in [0, 0.05) is 6.54 Å². The summed E-state index contributed by atoms with van der Waals surface area (Å²) in [6.45, 7) is 10.9. The predicted molar refractivity (Wildman–Crippen MR) is 117 cm³/mol. The summed E-state index contributed by atoms with van der Waals surface area (Å²) in [6.07, 6.45) is 7.00. The van der Waals surface area contributed by atoms with Gasteiger partial charge in [-0.25, -0.2) is 16.8 Å². The highest BCUT2D eigenvalue weighted by Gasteiger charge is 2.61. The van der Waals surface area contributed by atoms with Gasteiger partial charge in [-0.1, -0.05) is 49.7 Å². The average Bonchev–Trinajstić information content (AvgIpc) is 2.69. The summed E-state index contributed by atoms with van der Waals surface area (Å²) in [5.74, 6) is 0. The number of rotatable bonds is 14. The van der Waals surface area contributed by atoms with E-state index < -0.39 is 47.7 Å². The maximum Gasteiger partial charge on any atom is 0.512 e. The molecule has 0 heterocycles. The molecule has 0 aliphatic carbocycles. The second-order valence-electron chi connectivity index (χ2n) is 7.99. The van der Waals surface area contributed by atoms with E-state index in [4.69, 9.17) is 0 Å². The van der Waals surface area contributed by atoms with Crippen molar-refractivity contribution in [3.63, 3.8) is 0 Å². The predicted octanol–water partition coefficient (Wildman–Crippen LogP) is 5.62. The van der Waals surface area contributed by atoms with Gasteiger partial charge >= 0.3 is 31.1 Å². The molecule has 0 saturated carbocycles. The van der Waals surface area contributed by atoms with Gasteiger partial charge in [0.1, 0.15) is 0 Å². The molecule has 6 nitrogen and oxygen atoms in total. The number of sulfonamides is 2. The third kappa shape index (κ3) is 11.6. The summed E-state index contributed by atoms with van der Waals surface area (Å²) in [4.78, 5) is 0. The van der Waals surface area contributed by atoms with E-state index in [0.717, 1.165) is 0 Å². The molecule has 0 atom stereocenters. The van der Waals surface area contributed by atoms with Crippen molar-refractivity contribution in [1.29, 1.82) is 0 Å². The van der Waals surface area contributed by atoms with Gasteiger partial charge in [0.15, 0.2) is 0 Å². The van der Waals surface area contributed by atoms with Crippen molar-refractivity contribution in [2.24, 2.45) is 0 Å². The van der Waals surface area contributed by atoms with E-state index in [1.165, 1.54) is 56.2 Å². The summed E-state index contributed by atoms with van der Waals surface area (Å²) in [5.41, 5.74) is -12.3. The molecule has 0 spiro atoms. The van der Waals surface area contributed by atoms with Crippen LogP contribution in [0.2, 0.25) is 0 Å². The summed E-state index contributed by atoms with van der Waals surface area (Å²) < 4.78 is 117. The largest absolute Gasteiger partial charge is 0.512 e. The molecular weight excluding hydrogens is 498 g/mol. The fourth-order valence-corrected chi connectivity index (χ4v) is 5.47. The van der Waals surface area contributed by atoms with Crippen molar-refractivity contribution in [3.05, 3.63) is 0 Å². The molecule has 0 N–H and O–H groups in total. The van der Waals surface area contributed by atoms with E-state index in [2.05, 4.69) is 27.8 Å². The molecule has 0 aliphatic rings. The van der Waals surface area contributed by atoms with Crippen LogP contribution in [-0.4, -0.2) is 69.3 Å². The van der Waals surface area contributed by atoms with Crippen LogP contribution in [0.15, 0.2) is 0 Å². The third-order valence-electron chi connectivity index (χ3n) is 5.39. The van der Waals surface area contributed by atoms with Gasteiger partial charge in [-0.15, -0.1) is 0 Å². The Morgan fingerprint density at radius 1 is 0.636 bits per heavy atom. The number of hydrogen-bond acceptors (Lipinski definition) is 4. The third-order valence-corrected chi connectivity index (χ3v) is 9.18. The molecule has 0 aliphatic heterocycles. The SMILES string of the molecule is CCCCCCC[N+](C)(CC)CC.CCCCCN(S(=O)(=O)C(F)(F)F)S(=O)(=O)C(F)(F)F. The number of hydrogen-bond donors (Lipinski definition) is 0. The Labute approximate surface area is 195 Å². The molecule has 33 heavy (non-hydrogen) atoms. The monoisotopic (exact) mass is 537 g/mol. The molecule has 0 saturated heterocycles. The van der Waals surface area contributed by atoms with Crippen LogP contribution in [0.5, 0.6) is 0 Å². The topological polar surface area (TPSA) is 71.5 Å². The zero-order valence-electron chi connectivity index (χ0n) is 20.1. The van der Waals surface area contributed by atoms with Crippen molar-refractivity contribution in [1.82, 2.24) is 3.71 Å². The highest BCUT2D eigenvalue weighted by molar-refractivity contribution is 8.04. The Bertz CT molecular complexity index is 690. The lowest BCUT2D eigenvalue weighted by atomic mass is 10.1. The maximum absolute atomic E-state index is 12.2. The molecule has 0 aromatic rings. The van der Waals surface area contributed by atoms with Crippen molar-refractivity contribution in [3.8, 4) is 0 Å². The fraction of sp³-hybridized carbons (Fsp3) is 1.00. The van der Waals surface area contributed by atoms with Crippen LogP contribution >= 0.6 is 0 Å². The van der Waals surface area contributed by atoms with E-state index in [-0.39, 0.29) is 6.42 Å². The van der Waals surface area contributed by atoms with Gasteiger partial charge < -0.3 is 4.48 Å². The molecule has 202 valence electrons. The second-order valence-corrected chi connectivity index (χ2v) is 11.9. The van der Waals surface area contributed by atoms with E-state index in [9.17, 15) is 43.2 Å². The first-order valence-corrected chi connectivity index (χ1v) is 14.0. The van der Waals surface area contributed by atoms with Crippen LogP contribution in [0.1, 0.15) is 79.1 Å². The van der Waals surface area contributed by atoms with Crippen LogP contribution in [0.3, 0.4) is 0 Å². The number of quaternary nitrogens is 1. The zero-order valence-corrected chi connectivity index (χ0v) is 21.7. The molecule has 0 bridgehead atoms. The van der Waals surface area contributed by atoms with Gasteiger partial charge in [0.2, 0.25) is 0 Å². The first kappa shape index (κ1) is 34.6. The molecule has 0 fully saturated rings. The van der Waals surface area contributed by atoms with Crippen LogP contribution in [0.25, 0.3) is 0 Å². The van der Waals surface area contributed by atoms with E-state index >= 15 is 0 Å². The Balaban J connectivity index is 0. The van der Waals surface area contributed by atoms with Crippen molar-refractivity contribution in [2.75, 3.05) is 33.2 Å². The van der Waals surface area contributed by atoms with E-state index in [1.807, 2.05) is 0 Å². The first-order valence-electron chi connectivity index (χ1n) is 11.1. The van der Waals surface area contributed by atoms with Crippen molar-refractivity contribution in [2.45, 2.75) is 90.1 Å². The molecule has 0 rings (SSSR count). The highest BCUT2D eigenvalue weighted by atomic mass is 32.3. The molecule has 0 radical (unpaired) electrons. The number of nitrogens with zero attached hydrogens (tertiary/aromatic N) is 2. The minimum Gasteiger partial charge on any atom is -0.327 e. The van der Waals surface area contributed by atoms with Gasteiger partial charge in [0.05, 0.1) is 26.7 Å². The Morgan fingerprint density at radius 3 is 1.33 bits per heavy atom. The van der Waals surface area contributed by atoms with Crippen LogP contribution < -0.4 is 0 Å². The van der Waals surface area contributed by atoms with Gasteiger partial charge in [0.25, 0.3) is 0 Å². The molecule has 0 aromatic carbocycles. The molecule has 0 amide bonds. The first-order chi connectivity index (χ1) is 14.9. The lowest BCUT2D eigenvalue weighted by molar-refractivity contribution is -0.906.